The SMILES string of the molecule is COc1ccccc1C=CC(=O)OCC(=O)c1ccc(Br)cc1. The number of Topliss-reactive ketones (excluding diaryl/α,β-unsaturated/α-hetero) is 1. The molecule has 0 amide bonds. The number of carbonyl (C=O) groups excluding carboxylic acids is 2. The van der Waals surface area contributed by atoms with Crippen LogP contribution in [-0.2, 0) is 9.53 Å². The molecule has 0 heterocycles. The van der Waals surface area contributed by atoms with Crippen molar-refractivity contribution in [3.05, 3.63) is 70.2 Å². The van der Waals surface area contributed by atoms with Crippen molar-refractivity contribution in [2.24, 2.45) is 0 Å². The van der Waals surface area contributed by atoms with E-state index in [1.54, 1.807) is 43.5 Å². The molecule has 0 spiro atoms. The maximum absolute atomic E-state index is 11.9. The smallest absolute Gasteiger partial charge is 0.331 e. The van der Waals surface area contributed by atoms with Crippen LogP contribution < -0.4 is 4.74 Å². The van der Waals surface area contributed by atoms with Gasteiger partial charge in [-0.3, -0.25) is 4.79 Å². The highest BCUT2D eigenvalue weighted by molar-refractivity contribution is 9.10. The molecule has 2 aromatic carbocycles. The molecule has 0 unspecified atom stereocenters. The van der Waals surface area contributed by atoms with Gasteiger partial charge in [0.2, 0.25) is 0 Å². The van der Waals surface area contributed by atoms with Crippen molar-refractivity contribution in [1.29, 1.82) is 0 Å². The number of esters is 1. The van der Waals surface area contributed by atoms with Crippen LogP contribution in [0.5, 0.6) is 5.75 Å². The monoisotopic (exact) mass is 374 g/mol. The average Bonchev–Trinajstić information content (AvgIpc) is 2.58. The highest BCUT2D eigenvalue weighted by Crippen LogP contribution is 2.18. The summed E-state index contributed by atoms with van der Waals surface area (Å²) in [4.78, 5) is 23.6. The number of para-hydroxylation sites is 1. The van der Waals surface area contributed by atoms with E-state index >= 15 is 0 Å². The Labute approximate surface area is 142 Å². The maximum Gasteiger partial charge on any atom is 0.331 e. The van der Waals surface area contributed by atoms with Crippen molar-refractivity contribution < 1.29 is 19.1 Å². The van der Waals surface area contributed by atoms with Crippen molar-refractivity contribution in [2.75, 3.05) is 13.7 Å². The lowest BCUT2D eigenvalue weighted by Crippen LogP contribution is -2.12. The second-order valence-electron chi connectivity index (χ2n) is 4.61. The van der Waals surface area contributed by atoms with Gasteiger partial charge in [-0.25, -0.2) is 4.79 Å². The molecule has 0 aliphatic rings. The van der Waals surface area contributed by atoms with Gasteiger partial charge in [-0.15, -0.1) is 0 Å². The van der Waals surface area contributed by atoms with Crippen molar-refractivity contribution in [2.45, 2.75) is 0 Å². The van der Waals surface area contributed by atoms with Gasteiger partial charge in [0.15, 0.2) is 12.4 Å². The molecule has 0 aliphatic heterocycles. The minimum atomic E-state index is -0.582. The van der Waals surface area contributed by atoms with Gasteiger partial charge in [-0.05, 0) is 24.3 Å². The number of halogens is 1. The molecule has 4 nitrogen and oxygen atoms in total. The van der Waals surface area contributed by atoms with Crippen molar-refractivity contribution >= 4 is 33.8 Å². The van der Waals surface area contributed by atoms with E-state index in [0.29, 0.717) is 11.3 Å². The van der Waals surface area contributed by atoms with E-state index in [0.717, 1.165) is 10.0 Å². The fraction of sp³-hybridized carbons (Fsp3) is 0.111. The zero-order valence-corrected chi connectivity index (χ0v) is 14.1. The number of hydrogen-bond acceptors (Lipinski definition) is 4. The topological polar surface area (TPSA) is 52.6 Å². The van der Waals surface area contributed by atoms with E-state index in [-0.39, 0.29) is 12.4 Å². The minimum absolute atomic E-state index is 0.253. The van der Waals surface area contributed by atoms with Gasteiger partial charge in [0, 0.05) is 21.7 Å². The summed E-state index contributed by atoms with van der Waals surface area (Å²) in [5, 5.41) is 0. The van der Waals surface area contributed by atoms with Gasteiger partial charge >= 0.3 is 5.97 Å². The molecule has 5 heteroatoms. The van der Waals surface area contributed by atoms with E-state index in [4.69, 9.17) is 9.47 Å². The first-order valence-corrected chi connectivity index (χ1v) is 7.66. The predicted octanol–water partition coefficient (Wildman–Crippen LogP) is 3.90. The number of carbonyl (C=O) groups is 2. The second-order valence-corrected chi connectivity index (χ2v) is 5.53. The van der Waals surface area contributed by atoms with Crippen molar-refractivity contribution in [1.82, 2.24) is 0 Å². The van der Waals surface area contributed by atoms with Gasteiger partial charge in [-0.1, -0.05) is 46.3 Å². The Kier molecular flexibility index (Phi) is 6.11. The molecule has 0 aliphatic carbocycles. The lowest BCUT2D eigenvalue weighted by molar-refractivity contribution is -0.136. The van der Waals surface area contributed by atoms with E-state index in [9.17, 15) is 9.59 Å². The molecule has 2 rings (SSSR count). The number of methoxy groups -OCH3 is 1. The third-order valence-corrected chi connectivity index (χ3v) is 3.58. The summed E-state index contributed by atoms with van der Waals surface area (Å²) < 4.78 is 11.0. The fourth-order valence-electron chi connectivity index (χ4n) is 1.87. The van der Waals surface area contributed by atoms with E-state index in [1.807, 2.05) is 18.2 Å². The Balaban J connectivity index is 1.91. The third-order valence-electron chi connectivity index (χ3n) is 3.05. The molecule has 0 fully saturated rings. The maximum atomic E-state index is 11.9. The molecule has 0 N–H and O–H groups in total. The zero-order valence-electron chi connectivity index (χ0n) is 12.5. The number of rotatable bonds is 6. The molecular formula is C18H15BrO4. The van der Waals surface area contributed by atoms with Crippen LogP contribution in [-0.4, -0.2) is 25.5 Å². The number of hydrogen-bond donors (Lipinski definition) is 0. The molecule has 0 atom stereocenters. The Morgan fingerprint density at radius 3 is 2.48 bits per heavy atom. The molecule has 0 saturated heterocycles. The number of benzene rings is 2. The molecular weight excluding hydrogens is 360 g/mol. The van der Waals surface area contributed by atoms with E-state index < -0.39 is 5.97 Å². The number of ether oxygens (including phenoxy) is 2. The minimum Gasteiger partial charge on any atom is -0.496 e. The lowest BCUT2D eigenvalue weighted by Gasteiger charge is -2.04. The Hall–Kier alpha value is -2.40. The largest absolute Gasteiger partial charge is 0.496 e. The van der Waals surface area contributed by atoms with Crippen LogP contribution >= 0.6 is 15.9 Å². The highest BCUT2D eigenvalue weighted by Gasteiger charge is 2.08. The Morgan fingerprint density at radius 1 is 1.09 bits per heavy atom. The van der Waals surface area contributed by atoms with Crippen LogP contribution in [0.15, 0.2) is 59.1 Å². The molecule has 0 saturated carbocycles. The summed E-state index contributed by atoms with van der Waals surface area (Å²) in [5.41, 5.74) is 1.25. The second kappa shape index (κ2) is 8.29. The quantitative estimate of drug-likeness (QED) is 0.437. The summed E-state index contributed by atoms with van der Waals surface area (Å²) in [5.74, 6) is -0.180. The van der Waals surface area contributed by atoms with Gasteiger partial charge in [0.25, 0.3) is 0 Å². The summed E-state index contributed by atoms with van der Waals surface area (Å²) in [6.45, 7) is -0.295. The van der Waals surface area contributed by atoms with Crippen molar-refractivity contribution in [3.8, 4) is 5.75 Å². The van der Waals surface area contributed by atoms with Gasteiger partial charge in [-0.2, -0.15) is 0 Å². The van der Waals surface area contributed by atoms with Gasteiger partial charge in [0.1, 0.15) is 5.75 Å². The summed E-state index contributed by atoms with van der Waals surface area (Å²) in [6, 6.07) is 14.1. The van der Waals surface area contributed by atoms with E-state index in [1.165, 1.54) is 6.08 Å². The highest BCUT2D eigenvalue weighted by atomic mass is 79.9. The van der Waals surface area contributed by atoms with Crippen molar-refractivity contribution in [3.63, 3.8) is 0 Å². The molecule has 0 radical (unpaired) electrons. The average molecular weight is 375 g/mol. The van der Waals surface area contributed by atoms with Crippen LogP contribution in [0.1, 0.15) is 15.9 Å². The molecule has 2 aromatic rings. The first-order chi connectivity index (χ1) is 11.1. The van der Waals surface area contributed by atoms with Crippen LogP contribution in [0, 0.1) is 0 Å². The fourth-order valence-corrected chi connectivity index (χ4v) is 2.13. The molecule has 0 bridgehead atoms. The predicted molar refractivity (Wildman–Crippen MR) is 91.5 cm³/mol. The summed E-state index contributed by atoms with van der Waals surface area (Å²) >= 11 is 3.30. The van der Waals surface area contributed by atoms with Crippen LogP contribution in [0.4, 0.5) is 0 Å². The zero-order chi connectivity index (χ0) is 16.7. The van der Waals surface area contributed by atoms with E-state index in [2.05, 4.69) is 15.9 Å². The third kappa shape index (κ3) is 5.07. The molecule has 0 aromatic heterocycles. The molecule has 23 heavy (non-hydrogen) atoms. The molecule has 118 valence electrons. The first kappa shape index (κ1) is 17.0. The Bertz CT molecular complexity index is 720. The van der Waals surface area contributed by atoms with Crippen LogP contribution in [0.25, 0.3) is 6.08 Å². The van der Waals surface area contributed by atoms with Crippen LogP contribution in [0.3, 0.4) is 0 Å². The van der Waals surface area contributed by atoms with Crippen LogP contribution in [0.2, 0.25) is 0 Å². The Morgan fingerprint density at radius 2 is 1.78 bits per heavy atom. The first-order valence-electron chi connectivity index (χ1n) is 6.87. The number of ketones is 1. The lowest BCUT2D eigenvalue weighted by atomic mass is 10.1. The summed E-state index contributed by atoms with van der Waals surface area (Å²) in [7, 11) is 1.56. The van der Waals surface area contributed by atoms with Gasteiger partial charge in [0.05, 0.1) is 7.11 Å². The van der Waals surface area contributed by atoms with Gasteiger partial charge < -0.3 is 9.47 Å². The standard InChI is InChI=1S/C18H15BrO4/c1-22-17-5-3-2-4-14(17)8-11-18(21)23-12-16(20)13-6-9-15(19)10-7-13/h2-11H,12H2,1H3. The normalized spacial score (nSPS) is 10.5. The summed E-state index contributed by atoms with van der Waals surface area (Å²) in [6.07, 6.45) is 2.86.